The quantitative estimate of drug-likeness (QED) is 0.705. The third-order valence-electron chi connectivity index (χ3n) is 3.90. The fourth-order valence-electron chi connectivity index (χ4n) is 2.85. The van der Waals surface area contributed by atoms with E-state index >= 15 is 0 Å². The summed E-state index contributed by atoms with van der Waals surface area (Å²) in [6, 6.07) is 6.22. The number of hydrazine groups is 1. The van der Waals surface area contributed by atoms with Gasteiger partial charge in [-0.25, -0.2) is 4.99 Å². The lowest BCUT2D eigenvalue weighted by molar-refractivity contribution is 0.197. The Labute approximate surface area is 142 Å². The minimum Gasteiger partial charge on any atom is -0.385 e. The monoisotopic (exact) mass is 328 g/mol. The van der Waals surface area contributed by atoms with Crippen LogP contribution in [0.15, 0.2) is 40.6 Å². The molecule has 2 aliphatic heterocycles. The molecule has 0 aromatic heterocycles. The Morgan fingerprint density at radius 1 is 1.29 bits per heavy atom. The van der Waals surface area contributed by atoms with Crippen molar-refractivity contribution in [3.05, 3.63) is 47.3 Å². The van der Waals surface area contributed by atoms with E-state index in [1.165, 1.54) is 0 Å². The lowest BCUT2D eigenvalue weighted by atomic mass is 10.0. The van der Waals surface area contributed by atoms with Crippen LogP contribution in [0.1, 0.15) is 23.1 Å². The van der Waals surface area contributed by atoms with E-state index in [9.17, 15) is 0 Å². The van der Waals surface area contributed by atoms with Crippen LogP contribution in [0.25, 0.3) is 0 Å². The van der Waals surface area contributed by atoms with Gasteiger partial charge in [0.2, 0.25) is 5.79 Å². The molecule has 1 atom stereocenters. The minimum atomic E-state index is -1.00. The zero-order valence-corrected chi connectivity index (χ0v) is 14.3. The Hall–Kier alpha value is -2.22. The molecule has 0 amide bonds. The number of nitrogens with zero attached hydrogens (tertiary/aromatic N) is 3. The van der Waals surface area contributed by atoms with E-state index < -0.39 is 5.79 Å². The molecule has 1 unspecified atom stereocenters. The molecule has 2 aliphatic rings. The summed E-state index contributed by atoms with van der Waals surface area (Å²) in [6.45, 7) is 5.46. The lowest BCUT2D eigenvalue weighted by Crippen LogP contribution is -2.52. The number of aryl methyl sites for hydroxylation is 2. The van der Waals surface area contributed by atoms with Crippen LogP contribution in [-0.2, 0) is 10.5 Å². The topological polar surface area (TPSA) is 87.3 Å². The standard InChI is InChI=1S/C17H24N6O/c1-12-9-13(2)11-14(10-12)17(18)21-16-15(19-5-4-8-24-3)20-6-7-23(16)22-17/h6-7,9-11,22H,4-5,8,18H2,1-3H3,(H,19,20). The molecule has 4 N–H and O–H groups in total. The van der Waals surface area contributed by atoms with Gasteiger partial charge in [-0.15, -0.1) is 0 Å². The summed E-state index contributed by atoms with van der Waals surface area (Å²) in [6.07, 6.45) is 4.52. The molecule has 0 saturated carbocycles. The van der Waals surface area contributed by atoms with E-state index in [4.69, 9.17) is 15.5 Å². The third kappa shape index (κ3) is 3.33. The van der Waals surface area contributed by atoms with Crippen molar-refractivity contribution < 1.29 is 4.74 Å². The van der Waals surface area contributed by atoms with E-state index in [0.29, 0.717) is 24.8 Å². The molecule has 3 rings (SSSR count). The van der Waals surface area contributed by atoms with Gasteiger partial charge >= 0.3 is 0 Å². The Kier molecular flexibility index (Phi) is 4.66. The highest BCUT2D eigenvalue weighted by Crippen LogP contribution is 2.26. The highest BCUT2D eigenvalue weighted by molar-refractivity contribution is 6.41. The number of amidine groups is 2. The van der Waals surface area contributed by atoms with E-state index in [-0.39, 0.29) is 0 Å². The van der Waals surface area contributed by atoms with Crippen LogP contribution in [0.2, 0.25) is 0 Å². The molecule has 128 valence electrons. The maximum absolute atomic E-state index is 6.54. The lowest BCUT2D eigenvalue weighted by Gasteiger charge is -2.26. The van der Waals surface area contributed by atoms with Crippen molar-refractivity contribution in [1.29, 1.82) is 0 Å². The summed E-state index contributed by atoms with van der Waals surface area (Å²) in [4.78, 5) is 9.27. The zero-order valence-electron chi connectivity index (χ0n) is 14.3. The second kappa shape index (κ2) is 6.72. The Balaban J connectivity index is 1.88. The van der Waals surface area contributed by atoms with E-state index in [2.05, 4.69) is 47.8 Å². The van der Waals surface area contributed by atoms with Crippen molar-refractivity contribution in [3.8, 4) is 0 Å². The van der Waals surface area contributed by atoms with Crippen LogP contribution in [-0.4, -0.2) is 36.9 Å². The van der Waals surface area contributed by atoms with Crippen molar-refractivity contribution in [3.63, 3.8) is 0 Å². The molecule has 0 saturated heterocycles. The van der Waals surface area contributed by atoms with E-state index in [0.717, 1.165) is 23.1 Å². The van der Waals surface area contributed by atoms with Crippen LogP contribution in [0.5, 0.6) is 0 Å². The predicted molar refractivity (Wildman–Crippen MR) is 95.3 cm³/mol. The highest BCUT2D eigenvalue weighted by Gasteiger charge is 2.39. The van der Waals surface area contributed by atoms with E-state index in [1.54, 1.807) is 7.11 Å². The maximum Gasteiger partial charge on any atom is 0.208 e. The van der Waals surface area contributed by atoms with Gasteiger partial charge < -0.3 is 10.1 Å². The number of ether oxygens (including phenoxy) is 1. The van der Waals surface area contributed by atoms with Gasteiger partial charge in [0.1, 0.15) is 0 Å². The fourth-order valence-corrected chi connectivity index (χ4v) is 2.85. The molecule has 7 nitrogen and oxygen atoms in total. The molecule has 0 aliphatic carbocycles. The van der Waals surface area contributed by atoms with Crippen molar-refractivity contribution >= 4 is 11.7 Å². The largest absolute Gasteiger partial charge is 0.385 e. The second-order valence-corrected chi connectivity index (χ2v) is 6.10. The third-order valence-corrected chi connectivity index (χ3v) is 3.90. The summed E-state index contributed by atoms with van der Waals surface area (Å²) >= 11 is 0. The maximum atomic E-state index is 6.54. The smallest absolute Gasteiger partial charge is 0.208 e. The molecule has 1 aromatic rings. The van der Waals surface area contributed by atoms with Gasteiger partial charge in [0.25, 0.3) is 0 Å². The minimum absolute atomic E-state index is 0.665. The molecule has 24 heavy (non-hydrogen) atoms. The van der Waals surface area contributed by atoms with Gasteiger partial charge in [-0.1, -0.05) is 29.3 Å². The normalized spacial score (nSPS) is 24.1. The number of nitrogens with two attached hydrogens (primary N) is 1. The van der Waals surface area contributed by atoms with E-state index in [1.807, 2.05) is 17.4 Å². The molecule has 7 heteroatoms. The van der Waals surface area contributed by atoms with Crippen molar-refractivity contribution in [2.45, 2.75) is 26.1 Å². The number of nitrogens with one attached hydrogen (secondary N) is 2. The number of rotatable bonds is 5. The molecule has 1 aromatic carbocycles. The molecule has 0 radical (unpaired) electrons. The van der Waals surface area contributed by atoms with Gasteiger partial charge in [0, 0.05) is 38.2 Å². The summed E-state index contributed by atoms with van der Waals surface area (Å²) in [5, 5.41) is 4.95. The molecule has 0 bridgehead atoms. The average molecular weight is 328 g/mol. The van der Waals surface area contributed by atoms with Crippen LogP contribution in [0, 0.1) is 13.8 Å². The van der Waals surface area contributed by atoms with Crippen LogP contribution in [0.4, 0.5) is 0 Å². The van der Waals surface area contributed by atoms with Crippen molar-refractivity contribution in [2.75, 3.05) is 20.3 Å². The first-order valence-electron chi connectivity index (χ1n) is 8.03. The van der Waals surface area contributed by atoms with Crippen molar-refractivity contribution in [2.24, 2.45) is 15.7 Å². The molecular weight excluding hydrogens is 304 g/mol. The number of benzene rings is 1. The Bertz CT molecular complexity index is 691. The number of hydrogen-bond acceptors (Lipinski definition) is 6. The summed E-state index contributed by atoms with van der Waals surface area (Å²) in [7, 11) is 1.69. The number of fused-ring (bicyclic) bond motifs is 1. The molecule has 0 spiro atoms. The number of aliphatic imine (C=N–C) groups is 2. The predicted octanol–water partition coefficient (Wildman–Crippen LogP) is 1.10. The SMILES string of the molecule is COCCCN=C1NC=CN2NC(N)(c3cc(C)cc(C)c3)N=C12. The van der Waals surface area contributed by atoms with Crippen molar-refractivity contribution in [1.82, 2.24) is 15.8 Å². The summed E-state index contributed by atoms with van der Waals surface area (Å²) in [5.74, 6) is 0.393. The Morgan fingerprint density at radius 2 is 2.04 bits per heavy atom. The number of hydrogen-bond donors (Lipinski definition) is 3. The Morgan fingerprint density at radius 3 is 2.75 bits per heavy atom. The second-order valence-electron chi connectivity index (χ2n) is 6.10. The van der Waals surface area contributed by atoms with Gasteiger partial charge in [0.05, 0.1) is 0 Å². The average Bonchev–Trinajstić information content (AvgIpc) is 2.89. The fraction of sp³-hybridized carbons (Fsp3) is 0.412. The summed E-state index contributed by atoms with van der Waals surface area (Å²) in [5.41, 5.74) is 13.0. The van der Waals surface area contributed by atoms with Gasteiger partial charge in [-0.2, -0.15) is 5.43 Å². The van der Waals surface area contributed by atoms with Gasteiger partial charge in [-0.05, 0) is 20.3 Å². The summed E-state index contributed by atoms with van der Waals surface area (Å²) < 4.78 is 5.05. The van der Waals surface area contributed by atoms with Crippen LogP contribution < -0.4 is 16.5 Å². The molecular formula is C17H24N6O. The van der Waals surface area contributed by atoms with Gasteiger partial charge in [-0.3, -0.25) is 15.7 Å². The number of methoxy groups -OCH3 is 1. The first-order valence-corrected chi connectivity index (χ1v) is 8.03. The van der Waals surface area contributed by atoms with Crippen LogP contribution in [0.3, 0.4) is 0 Å². The highest BCUT2D eigenvalue weighted by atomic mass is 16.5. The first kappa shape index (κ1) is 16.6. The van der Waals surface area contributed by atoms with Gasteiger partial charge in [0.15, 0.2) is 11.7 Å². The zero-order chi connectivity index (χ0) is 17.2. The first-order chi connectivity index (χ1) is 11.5. The molecule has 2 heterocycles. The van der Waals surface area contributed by atoms with Crippen LogP contribution >= 0.6 is 0 Å². The molecule has 0 fully saturated rings.